The molecule has 0 saturated carbocycles. The van der Waals surface area contributed by atoms with Crippen molar-refractivity contribution in [1.29, 1.82) is 0 Å². The Balaban J connectivity index is 1.23. The number of nitrogens with zero attached hydrogens (tertiary/aromatic N) is 6. The first kappa shape index (κ1) is 23.2. The van der Waals surface area contributed by atoms with Crippen molar-refractivity contribution in [3.8, 4) is 5.75 Å². The van der Waals surface area contributed by atoms with Crippen LogP contribution >= 0.6 is 0 Å². The number of benzene rings is 1. The molecule has 0 unspecified atom stereocenters. The molecule has 0 bridgehead atoms. The van der Waals surface area contributed by atoms with Crippen molar-refractivity contribution in [1.82, 2.24) is 19.8 Å². The molecule has 0 spiro atoms. The molecule has 9 heteroatoms. The van der Waals surface area contributed by atoms with Crippen LogP contribution in [0.5, 0.6) is 5.75 Å². The van der Waals surface area contributed by atoms with Gasteiger partial charge in [0.2, 0.25) is 11.9 Å². The molecule has 2 N–H and O–H groups in total. The standard InChI is InChI=1S/C26H33N7O2/c1-3-24(35)33-17-19(18-33)8-10-32-9-4-5-20-16-27-26(29-25(20)32)28-21-6-7-22(23(34)15-21)31-13-11-30(2)12-14-31/h3-7,15-16,19,34H,1,8-14,17-18H2,2H3,(H,27,28,29). The van der Waals surface area contributed by atoms with Gasteiger partial charge in [-0.1, -0.05) is 18.7 Å². The zero-order valence-corrected chi connectivity index (χ0v) is 20.2. The Bertz CT molecular complexity index is 1120. The van der Waals surface area contributed by atoms with Crippen molar-refractivity contribution in [2.24, 2.45) is 5.92 Å². The molecule has 4 heterocycles. The van der Waals surface area contributed by atoms with Gasteiger partial charge >= 0.3 is 0 Å². The Morgan fingerprint density at radius 2 is 2.06 bits per heavy atom. The summed E-state index contributed by atoms with van der Waals surface area (Å²) in [5.74, 6) is 2.18. The maximum Gasteiger partial charge on any atom is 0.245 e. The number of amides is 1. The van der Waals surface area contributed by atoms with Crippen molar-refractivity contribution in [2.45, 2.75) is 6.42 Å². The van der Waals surface area contributed by atoms with Crippen LogP contribution < -0.4 is 15.1 Å². The van der Waals surface area contributed by atoms with Crippen LogP contribution in [0.15, 0.2) is 43.1 Å². The number of nitrogens with one attached hydrogen (secondary N) is 1. The summed E-state index contributed by atoms with van der Waals surface area (Å²) in [6.07, 6.45) is 8.40. The zero-order valence-electron chi connectivity index (χ0n) is 20.2. The van der Waals surface area contributed by atoms with E-state index in [4.69, 9.17) is 4.98 Å². The first-order chi connectivity index (χ1) is 17.0. The molecule has 1 aromatic carbocycles. The second-order valence-electron chi connectivity index (χ2n) is 9.54. The third-order valence-electron chi connectivity index (χ3n) is 7.04. The molecule has 2 aromatic rings. The number of aromatic hydroxyl groups is 1. The molecule has 0 aliphatic carbocycles. The van der Waals surface area contributed by atoms with Crippen LogP contribution in [0.3, 0.4) is 0 Å². The van der Waals surface area contributed by atoms with E-state index in [9.17, 15) is 9.90 Å². The number of hydrogen-bond acceptors (Lipinski definition) is 8. The number of carbonyl (C=O) groups excluding carboxylic acids is 1. The van der Waals surface area contributed by atoms with Gasteiger partial charge in [0, 0.05) is 75.9 Å². The summed E-state index contributed by atoms with van der Waals surface area (Å²) < 4.78 is 0. The molecule has 0 atom stereocenters. The zero-order chi connectivity index (χ0) is 24.4. The largest absolute Gasteiger partial charge is 0.506 e. The number of aromatic nitrogens is 2. The smallest absolute Gasteiger partial charge is 0.245 e. The maximum atomic E-state index is 11.7. The summed E-state index contributed by atoms with van der Waals surface area (Å²) in [7, 11) is 2.12. The van der Waals surface area contributed by atoms with Gasteiger partial charge in [0.25, 0.3) is 0 Å². The highest BCUT2D eigenvalue weighted by Gasteiger charge is 2.29. The average molecular weight is 476 g/mol. The van der Waals surface area contributed by atoms with E-state index in [-0.39, 0.29) is 11.7 Å². The first-order valence-corrected chi connectivity index (χ1v) is 12.2. The van der Waals surface area contributed by atoms with E-state index in [0.717, 1.165) is 81.5 Å². The minimum absolute atomic E-state index is 0.0126. The van der Waals surface area contributed by atoms with Gasteiger partial charge in [-0.15, -0.1) is 0 Å². The third-order valence-corrected chi connectivity index (χ3v) is 7.04. The predicted molar refractivity (Wildman–Crippen MR) is 139 cm³/mol. The number of fused-ring (bicyclic) bond motifs is 1. The lowest BCUT2D eigenvalue weighted by atomic mass is 9.95. The van der Waals surface area contributed by atoms with Gasteiger partial charge in [-0.3, -0.25) is 4.79 Å². The van der Waals surface area contributed by atoms with Crippen molar-refractivity contribution in [3.63, 3.8) is 0 Å². The van der Waals surface area contributed by atoms with Crippen LogP contribution in [-0.2, 0) is 4.79 Å². The van der Waals surface area contributed by atoms with E-state index in [1.54, 1.807) is 6.07 Å². The normalized spacial score (nSPS) is 18.3. The van der Waals surface area contributed by atoms with Crippen molar-refractivity contribution >= 4 is 35.1 Å². The molecule has 5 rings (SSSR count). The number of likely N-dealkylation sites (tertiary alicyclic amines) is 1. The molecule has 0 radical (unpaired) electrons. The van der Waals surface area contributed by atoms with Crippen LogP contribution in [0.4, 0.5) is 23.1 Å². The van der Waals surface area contributed by atoms with Crippen LogP contribution in [-0.4, -0.2) is 90.2 Å². The first-order valence-electron chi connectivity index (χ1n) is 12.2. The van der Waals surface area contributed by atoms with Crippen molar-refractivity contribution in [2.75, 3.05) is 74.5 Å². The van der Waals surface area contributed by atoms with Crippen molar-refractivity contribution in [3.05, 3.63) is 48.7 Å². The summed E-state index contributed by atoms with van der Waals surface area (Å²) in [6, 6.07) is 5.65. The molecule has 2 saturated heterocycles. The highest BCUT2D eigenvalue weighted by Crippen LogP contribution is 2.32. The molecule has 3 aliphatic heterocycles. The van der Waals surface area contributed by atoms with E-state index in [0.29, 0.717) is 11.9 Å². The Hall–Kier alpha value is -3.59. The van der Waals surface area contributed by atoms with Crippen LogP contribution in [0.1, 0.15) is 12.0 Å². The van der Waals surface area contributed by atoms with E-state index in [2.05, 4.69) is 50.8 Å². The molecule has 2 fully saturated rings. The van der Waals surface area contributed by atoms with E-state index < -0.39 is 0 Å². The lowest BCUT2D eigenvalue weighted by molar-refractivity contribution is -0.132. The Morgan fingerprint density at radius 3 is 2.80 bits per heavy atom. The highest BCUT2D eigenvalue weighted by atomic mass is 16.3. The lowest BCUT2D eigenvalue weighted by Crippen LogP contribution is -2.50. The maximum absolute atomic E-state index is 11.7. The van der Waals surface area contributed by atoms with Crippen LogP contribution in [0.25, 0.3) is 6.08 Å². The summed E-state index contributed by atoms with van der Waals surface area (Å²) in [4.78, 5) is 29.5. The molecule has 9 nitrogen and oxygen atoms in total. The van der Waals surface area contributed by atoms with Gasteiger partial charge < -0.3 is 30.0 Å². The van der Waals surface area contributed by atoms with Crippen LogP contribution in [0, 0.1) is 5.92 Å². The molecular weight excluding hydrogens is 442 g/mol. The van der Waals surface area contributed by atoms with Crippen molar-refractivity contribution < 1.29 is 9.90 Å². The molecular formula is C26H33N7O2. The number of likely N-dealkylation sites (N-methyl/N-ethyl adjacent to an activating group) is 1. The van der Waals surface area contributed by atoms with Gasteiger partial charge in [0.1, 0.15) is 11.6 Å². The monoisotopic (exact) mass is 475 g/mol. The van der Waals surface area contributed by atoms with Gasteiger partial charge in [0.15, 0.2) is 0 Å². The number of phenols is 1. The SMILES string of the molecule is C=CC(=O)N1CC(CCN2CC=Cc3cnc(Nc4ccc(N5CCN(C)CC5)c(O)c4)nc32)C1. The minimum Gasteiger partial charge on any atom is -0.506 e. The second-order valence-corrected chi connectivity index (χ2v) is 9.54. The Labute approximate surface area is 206 Å². The molecule has 184 valence electrons. The fraction of sp³-hybridized carbons (Fsp3) is 0.423. The number of hydrogen-bond donors (Lipinski definition) is 2. The van der Waals surface area contributed by atoms with Gasteiger partial charge in [-0.25, -0.2) is 4.98 Å². The molecule has 35 heavy (non-hydrogen) atoms. The third kappa shape index (κ3) is 5.09. The van der Waals surface area contributed by atoms with Gasteiger partial charge in [0.05, 0.1) is 5.69 Å². The lowest BCUT2D eigenvalue weighted by Gasteiger charge is -2.40. The van der Waals surface area contributed by atoms with Crippen LogP contribution in [0.2, 0.25) is 0 Å². The van der Waals surface area contributed by atoms with E-state index >= 15 is 0 Å². The summed E-state index contributed by atoms with van der Waals surface area (Å²) in [5, 5.41) is 13.9. The fourth-order valence-electron chi connectivity index (χ4n) is 4.85. The number of piperazine rings is 1. The number of anilines is 4. The number of rotatable bonds is 7. The fourth-order valence-corrected chi connectivity index (χ4v) is 4.85. The van der Waals surface area contributed by atoms with Gasteiger partial charge in [-0.2, -0.15) is 4.98 Å². The second kappa shape index (κ2) is 9.95. The number of carbonyl (C=O) groups is 1. The summed E-state index contributed by atoms with van der Waals surface area (Å²) in [6.45, 7) is 10.6. The average Bonchev–Trinajstić information content (AvgIpc) is 2.84. The van der Waals surface area contributed by atoms with E-state index in [1.165, 1.54) is 6.08 Å². The van der Waals surface area contributed by atoms with Gasteiger partial charge in [-0.05, 0) is 37.6 Å². The highest BCUT2D eigenvalue weighted by molar-refractivity contribution is 5.87. The predicted octanol–water partition coefficient (Wildman–Crippen LogP) is 2.55. The summed E-state index contributed by atoms with van der Waals surface area (Å²) >= 11 is 0. The molecule has 3 aliphatic rings. The quantitative estimate of drug-likeness (QED) is 0.591. The molecule has 1 aromatic heterocycles. The minimum atomic E-state index is 0.0126. The van der Waals surface area contributed by atoms with E-state index in [1.807, 2.05) is 23.2 Å². The summed E-state index contributed by atoms with van der Waals surface area (Å²) in [5.41, 5.74) is 2.60. The molecule has 1 amide bonds. The number of phenolic OH excluding ortho intramolecular Hbond substituents is 1. The topological polar surface area (TPSA) is 88.1 Å². The Kier molecular flexibility index (Phi) is 6.59. The Morgan fingerprint density at radius 1 is 1.26 bits per heavy atom.